The monoisotopic (exact) mass is 181 g/mol. The quantitative estimate of drug-likeness (QED) is 0.656. The molecule has 0 aliphatic carbocycles. The normalized spacial score (nSPS) is 10.3. The summed E-state index contributed by atoms with van der Waals surface area (Å²) < 4.78 is 0. The van der Waals surface area contributed by atoms with E-state index < -0.39 is 0 Å². The van der Waals surface area contributed by atoms with Crippen molar-refractivity contribution < 1.29 is 9.94 Å². The van der Waals surface area contributed by atoms with Crippen molar-refractivity contribution in [2.45, 2.75) is 12.8 Å². The molecule has 13 heavy (non-hydrogen) atoms. The molecule has 1 rings (SSSR count). The highest BCUT2D eigenvalue weighted by atomic mass is 16.6. The minimum absolute atomic E-state index is 0.191. The van der Waals surface area contributed by atoms with Gasteiger partial charge >= 0.3 is 0 Å². The molecule has 0 aromatic heterocycles. The van der Waals surface area contributed by atoms with Crippen molar-refractivity contribution in [1.29, 1.82) is 0 Å². The fourth-order valence-corrected chi connectivity index (χ4v) is 1.25. The Morgan fingerprint density at radius 2 is 1.92 bits per heavy atom. The Morgan fingerprint density at radius 3 is 2.54 bits per heavy atom. The maximum atomic E-state index is 8.74. The number of hydrogen-bond acceptors (Lipinski definition) is 3. The lowest BCUT2D eigenvalue weighted by atomic mass is 10.1. The molecule has 0 aliphatic heterocycles. The highest BCUT2D eigenvalue weighted by molar-refractivity contribution is 5.23. The standard InChI is InChI=1S/C10H15NO2/c11-13-7-5-10-3-1-2-9(8-10)4-6-12/h1-3,8,12H,4-7,11H2. The molecular weight excluding hydrogens is 166 g/mol. The van der Waals surface area contributed by atoms with Crippen molar-refractivity contribution >= 4 is 0 Å². The Morgan fingerprint density at radius 1 is 1.23 bits per heavy atom. The van der Waals surface area contributed by atoms with E-state index in [1.165, 1.54) is 5.56 Å². The molecule has 3 N–H and O–H groups in total. The summed E-state index contributed by atoms with van der Waals surface area (Å²) in [5.74, 6) is 4.93. The van der Waals surface area contributed by atoms with Gasteiger partial charge in [0, 0.05) is 6.61 Å². The molecule has 0 spiro atoms. The van der Waals surface area contributed by atoms with Gasteiger partial charge in [-0.15, -0.1) is 0 Å². The topological polar surface area (TPSA) is 55.5 Å². The van der Waals surface area contributed by atoms with Gasteiger partial charge in [0.05, 0.1) is 6.61 Å². The van der Waals surface area contributed by atoms with Gasteiger partial charge in [0.15, 0.2) is 0 Å². The van der Waals surface area contributed by atoms with E-state index in [-0.39, 0.29) is 6.61 Å². The number of aliphatic hydroxyl groups is 1. The fourth-order valence-electron chi connectivity index (χ4n) is 1.25. The van der Waals surface area contributed by atoms with Gasteiger partial charge < -0.3 is 9.94 Å². The zero-order valence-corrected chi connectivity index (χ0v) is 7.57. The summed E-state index contributed by atoms with van der Waals surface area (Å²) in [6, 6.07) is 8.08. The Balaban J connectivity index is 2.56. The van der Waals surface area contributed by atoms with E-state index in [1.54, 1.807) is 0 Å². The van der Waals surface area contributed by atoms with Gasteiger partial charge in [-0.3, -0.25) is 0 Å². The van der Waals surface area contributed by atoms with Crippen molar-refractivity contribution in [2.75, 3.05) is 13.2 Å². The Hall–Kier alpha value is -0.900. The second kappa shape index (κ2) is 5.70. The summed E-state index contributed by atoms with van der Waals surface area (Å²) in [6.07, 6.45) is 1.52. The van der Waals surface area contributed by atoms with E-state index in [0.717, 1.165) is 12.0 Å². The van der Waals surface area contributed by atoms with Crippen molar-refractivity contribution in [1.82, 2.24) is 0 Å². The van der Waals surface area contributed by atoms with Crippen molar-refractivity contribution in [3.8, 4) is 0 Å². The van der Waals surface area contributed by atoms with Gasteiger partial charge in [0.25, 0.3) is 0 Å². The Kier molecular flexibility index (Phi) is 4.46. The zero-order valence-electron chi connectivity index (χ0n) is 7.57. The second-order valence-corrected chi connectivity index (χ2v) is 2.91. The van der Waals surface area contributed by atoms with Gasteiger partial charge in [-0.1, -0.05) is 24.3 Å². The van der Waals surface area contributed by atoms with Crippen LogP contribution in [-0.2, 0) is 17.7 Å². The molecule has 0 atom stereocenters. The smallest absolute Gasteiger partial charge is 0.0719 e. The highest BCUT2D eigenvalue weighted by Crippen LogP contribution is 2.06. The van der Waals surface area contributed by atoms with Crippen LogP contribution in [-0.4, -0.2) is 18.3 Å². The molecule has 0 saturated carbocycles. The van der Waals surface area contributed by atoms with Gasteiger partial charge in [-0.05, 0) is 24.0 Å². The number of rotatable bonds is 5. The van der Waals surface area contributed by atoms with E-state index in [9.17, 15) is 0 Å². The second-order valence-electron chi connectivity index (χ2n) is 2.91. The molecule has 0 fully saturated rings. The van der Waals surface area contributed by atoms with Crippen LogP contribution >= 0.6 is 0 Å². The molecule has 0 aliphatic rings. The van der Waals surface area contributed by atoms with Crippen molar-refractivity contribution in [2.24, 2.45) is 5.90 Å². The average Bonchev–Trinajstić information content (AvgIpc) is 2.16. The maximum absolute atomic E-state index is 8.74. The molecule has 0 bridgehead atoms. The first-order chi connectivity index (χ1) is 6.36. The van der Waals surface area contributed by atoms with Crippen LogP contribution < -0.4 is 5.90 Å². The van der Waals surface area contributed by atoms with Crippen LogP contribution in [0.1, 0.15) is 11.1 Å². The predicted octanol–water partition coefficient (Wildman–Crippen LogP) is 0.654. The third-order valence-corrected chi connectivity index (χ3v) is 1.90. The van der Waals surface area contributed by atoms with E-state index >= 15 is 0 Å². The van der Waals surface area contributed by atoms with Crippen LogP contribution in [0.2, 0.25) is 0 Å². The predicted molar refractivity (Wildman–Crippen MR) is 51.1 cm³/mol. The molecule has 72 valence electrons. The minimum Gasteiger partial charge on any atom is -0.396 e. The molecule has 0 heterocycles. The molecule has 3 nitrogen and oxygen atoms in total. The Labute approximate surface area is 78.1 Å². The lowest BCUT2D eigenvalue weighted by Crippen LogP contribution is -2.04. The molecule has 0 unspecified atom stereocenters. The van der Waals surface area contributed by atoms with Gasteiger partial charge in [0.2, 0.25) is 0 Å². The van der Waals surface area contributed by atoms with Crippen LogP contribution in [0.5, 0.6) is 0 Å². The lowest BCUT2D eigenvalue weighted by Gasteiger charge is -2.02. The minimum atomic E-state index is 0.191. The molecule has 0 radical (unpaired) electrons. The summed E-state index contributed by atoms with van der Waals surface area (Å²) in [7, 11) is 0. The van der Waals surface area contributed by atoms with Crippen molar-refractivity contribution in [3.63, 3.8) is 0 Å². The average molecular weight is 181 g/mol. The number of aliphatic hydroxyl groups excluding tert-OH is 1. The molecule has 3 heteroatoms. The van der Waals surface area contributed by atoms with E-state index in [4.69, 9.17) is 11.0 Å². The van der Waals surface area contributed by atoms with E-state index in [1.807, 2.05) is 18.2 Å². The van der Waals surface area contributed by atoms with E-state index in [0.29, 0.717) is 13.0 Å². The number of hydrogen-bond donors (Lipinski definition) is 2. The highest BCUT2D eigenvalue weighted by Gasteiger charge is 1.95. The van der Waals surface area contributed by atoms with Gasteiger partial charge in [0.1, 0.15) is 0 Å². The SMILES string of the molecule is NOCCc1cccc(CCO)c1. The summed E-state index contributed by atoms with van der Waals surface area (Å²) in [6.45, 7) is 0.722. The Bertz CT molecular complexity index is 250. The summed E-state index contributed by atoms with van der Waals surface area (Å²) >= 11 is 0. The number of nitrogens with two attached hydrogens (primary N) is 1. The zero-order chi connectivity index (χ0) is 9.52. The molecule has 0 amide bonds. The number of benzene rings is 1. The third-order valence-electron chi connectivity index (χ3n) is 1.90. The lowest BCUT2D eigenvalue weighted by molar-refractivity contribution is 0.141. The molecule has 0 saturated heterocycles. The third kappa shape index (κ3) is 3.55. The van der Waals surface area contributed by atoms with Crippen LogP contribution in [0.3, 0.4) is 0 Å². The van der Waals surface area contributed by atoms with Crippen LogP contribution in [0, 0.1) is 0 Å². The molecule has 1 aromatic rings. The van der Waals surface area contributed by atoms with Crippen LogP contribution in [0.15, 0.2) is 24.3 Å². The maximum Gasteiger partial charge on any atom is 0.0719 e. The largest absolute Gasteiger partial charge is 0.396 e. The summed E-state index contributed by atoms with van der Waals surface area (Å²) in [5, 5.41) is 8.74. The molecule has 1 aromatic carbocycles. The first kappa shape index (κ1) is 10.2. The first-order valence-corrected chi connectivity index (χ1v) is 4.37. The van der Waals surface area contributed by atoms with Crippen LogP contribution in [0.4, 0.5) is 0 Å². The van der Waals surface area contributed by atoms with Crippen molar-refractivity contribution in [3.05, 3.63) is 35.4 Å². The molecular formula is C10H15NO2. The summed E-state index contributed by atoms with van der Waals surface area (Å²) in [5.41, 5.74) is 2.34. The fraction of sp³-hybridized carbons (Fsp3) is 0.400. The van der Waals surface area contributed by atoms with Crippen LogP contribution in [0.25, 0.3) is 0 Å². The first-order valence-electron chi connectivity index (χ1n) is 4.37. The van der Waals surface area contributed by atoms with Gasteiger partial charge in [-0.25, -0.2) is 5.90 Å². The van der Waals surface area contributed by atoms with Gasteiger partial charge in [-0.2, -0.15) is 0 Å². The summed E-state index contributed by atoms with van der Waals surface area (Å²) in [4.78, 5) is 4.50. The van der Waals surface area contributed by atoms with E-state index in [2.05, 4.69) is 10.9 Å².